The highest BCUT2D eigenvalue weighted by atomic mass is 19.3. The van der Waals surface area contributed by atoms with Crippen molar-refractivity contribution in [3.05, 3.63) is 39.8 Å². The number of halogens is 2. The van der Waals surface area contributed by atoms with Gasteiger partial charge in [0.2, 0.25) is 5.92 Å². The van der Waals surface area contributed by atoms with E-state index in [1.807, 2.05) is 24.0 Å². The number of hydrogen-bond acceptors (Lipinski definition) is 5. The molecule has 3 aromatic rings. The largest absolute Gasteiger partial charge is 0.385 e. The highest BCUT2D eigenvalue weighted by Crippen LogP contribution is 2.40. The van der Waals surface area contributed by atoms with Gasteiger partial charge in [-0.2, -0.15) is 5.10 Å². The second kappa shape index (κ2) is 10.1. The molecule has 1 saturated carbocycles. The number of ether oxygens (including phenoxy) is 1. The van der Waals surface area contributed by atoms with Crippen molar-refractivity contribution in [2.45, 2.75) is 64.0 Å². The van der Waals surface area contributed by atoms with Gasteiger partial charge in [0.1, 0.15) is 0 Å². The van der Waals surface area contributed by atoms with Crippen molar-refractivity contribution in [1.82, 2.24) is 24.6 Å². The van der Waals surface area contributed by atoms with Crippen LogP contribution in [-0.4, -0.2) is 82.3 Å². The second-order valence-corrected chi connectivity index (χ2v) is 10.6. The first-order valence-corrected chi connectivity index (χ1v) is 13.1. The van der Waals surface area contributed by atoms with Crippen LogP contribution in [0.5, 0.6) is 0 Å². The zero-order valence-corrected chi connectivity index (χ0v) is 21.7. The predicted molar refractivity (Wildman–Crippen MR) is 138 cm³/mol. The number of fused-ring (bicyclic) bond motifs is 3. The number of carbonyl (C=O) groups is 1. The number of benzene rings is 1. The van der Waals surface area contributed by atoms with E-state index in [0.29, 0.717) is 53.3 Å². The lowest BCUT2D eigenvalue weighted by Crippen LogP contribution is -2.53. The molecule has 2 aromatic heterocycles. The number of aromatic nitrogens is 3. The molecule has 1 saturated heterocycles. The molecule has 0 bridgehead atoms. The van der Waals surface area contributed by atoms with Crippen molar-refractivity contribution in [1.29, 1.82) is 0 Å². The highest BCUT2D eigenvalue weighted by Gasteiger charge is 2.36. The SMILES string of the molecule is COCCCN1CCN(C(=O)c2cc3c(cc2C)[nH]c(=O)c2cnn(C4CCC(F)(F)CC4)c23)C[C@H]1C. The topological polar surface area (TPSA) is 83.5 Å². The number of H-pyrrole nitrogens is 1. The Kier molecular flexibility index (Phi) is 7.06. The molecule has 37 heavy (non-hydrogen) atoms. The molecule has 1 aliphatic carbocycles. The molecule has 1 aliphatic heterocycles. The van der Waals surface area contributed by atoms with E-state index < -0.39 is 5.92 Å². The minimum Gasteiger partial charge on any atom is -0.385 e. The molecule has 5 rings (SSSR count). The average Bonchev–Trinajstić information content (AvgIpc) is 3.30. The molecule has 0 unspecified atom stereocenters. The van der Waals surface area contributed by atoms with Crippen molar-refractivity contribution in [3.63, 3.8) is 0 Å². The number of aromatic amines is 1. The smallest absolute Gasteiger partial charge is 0.259 e. The predicted octanol–water partition coefficient (Wildman–Crippen LogP) is 4.12. The molecule has 0 radical (unpaired) electrons. The van der Waals surface area contributed by atoms with Crippen LogP contribution in [0.1, 0.15) is 61.0 Å². The Morgan fingerprint density at radius 3 is 2.68 bits per heavy atom. The van der Waals surface area contributed by atoms with Crippen molar-refractivity contribution >= 4 is 27.7 Å². The van der Waals surface area contributed by atoms with E-state index in [1.165, 1.54) is 6.20 Å². The molecule has 2 fully saturated rings. The van der Waals surface area contributed by atoms with Gasteiger partial charge in [-0.05, 0) is 50.8 Å². The number of aryl methyl sites for hydroxylation is 1. The fraction of sp³-hybridized carbons (Fsp3) is 0.593. The lowest BCUT2D eigenvalue weighted by atomic mass is 9.92. The molecule has 200 valence electrons. The first-order chi connectivity index (χ1) is 17.7. The number of hydrogen-bond donors (Lipinski definition) is 1. The van der Waals surface area contributed by atoms with Crippen molar-refractivity contribution < 1.29 is 18.3 Å². The van der Waals surface area contributed by atoms with Gasteiger partial charge in [0.05, 0.1) is 28.7 Å². The van der Waals surface area contributed by atoms with Gasteiger partial charge in [-0.25, -0.2) is 8.78 Å². The monoisotopic (exact) mass is 515 g/mol. The number of amides is 1. The molecular formula is C27H35F2N5O3. The minimum absolute atomic E-state index is 0.0366. The highest BCUT2D eigenvalue weighted by molar-refractivity contribution is 6.07. The average molecular weight is 516 g/mol. The maximum absolute atomic E-state index is 13.8. The molecule has 10 heteroatoms. The van der Waals surface area contributed by atoms with E-state index in [0.717, 1.165) is 31.7 Å². The first-order valence-electron chi connectivity index (χ1n) is 13.1. The first kappa shape index (κ1) is 25.8. The van der Waals surface area contributed by atoms with Crippen LogP contribution in [0.3, 0.4) is 0 Å². The van der Waals surface area contributed by atoms with Gasteiger partial charge < -0.3 is 14.6 Å². The Morgan fingerprint density at radius 2 is 1.97 bits per heavy atom. The molecule has 8 nitrogen and oxygen atoms in total. The van der Waals surface area contributed by atoms with Gasteiger partial charge in [0.15, 0.2) is 0 Å². The van der Waals surface area contributed by atoms with Crippen molar-refractivity contribution in [2.24, 2.45) is 0 Å². The zero-order chi connectivity index (χ0) is 26.3. The summed E-state index contributed by atoms with van der Waals surface area (Å²) in [6, 6.07) is 3.70. The number of nitrogens with one attached hydrogen (secondary N) is 1. The third-order valence-electron chi connectivity index (χ3n) is 8.02. The minimum atomic E-state index is -2.65. The van der Waals surface area contributed by atoms with E-state index in [2.05, 4.69) is 21.9 Å². The van der Waals surface area contributed by atoms with Crippen molar-refractivity contribution in [2.75, 3.05) is 39.9 Å². The van der Waals surface area contributed by atoms with Crippen LogP contribution in [0, 0.1) is 6.92 Å². The molecule has 1 amide bonds. The van der Waals surface area contributed by atoms with E-state index in [4.69, 9.17) is 4.74 Å². The van der Waals surface area contributed by atoms with Gasteiger partial charge >= 0.3 is 0 Å². The summed E-state index contributed by atoms with van der Waals surface area (Å²) in [7, 11) is 1.70. The zero-order valence-electron chi connectivity index (χ0n) is 21.7. The Bertz CT molecular complexity index is 1360. The summed E-state index contributed by atoms with van der Waals surface area (Å²) >= 11 is 0. The van der Waals surface area contributed by atoms with E-state index in [1.54, 1.807) is 11.8 Å². The summed E-state index contributed by atoms with van der Waals surface area (Å²) < 4.78 is 34.5. The summed E-state index contributed by atoms with van der Waals surface area (Å²) in [6.07, 6.45) is 2.66. The molecule has 0 spiro atoms. The summed E-state index contributed by atoms with van der Waals surface area (Å²) in [5.41, 5.74) is 2.33. The van der Waals surface area contributed by atoms with Gasteiger partial charge in [-0.15, -0.1) is 0 Å². The van der Waals surface area contributed by atoms with Crippen LogP contribution < -0.4 is 5.56 Å². The van der Waals surface area contributed by atoms with Crippen LogP contribution in [-0.2, 0) is 4.74 Å². The number of methoxy groups -OCH3 is 1. The van der Waals surface area contributed by atoms with Crippen LogP contribution in [0.25, 0.3) is 21.8 Å². The normalized spacial score (nSPS) is 21.2. The summed E-state index contributed by atoms with van der Waals surface area (Å²) in [5, 5.41) is 5.58. The molecule has 1 aromatic carbocycles. The van der Waals surface area contributed by atoms with Gasteiger partial charge in [0.25, 0.3) is 11.5 Å². The number of alkyl halides is 2. The lowest BCUT2D eigenvalue weighted by Gasteiger charge is -2.40. The maximum atomic E-state index is 13.8. The summed E-state index contributed by atoms with van der Waals surface area (Å²) in [6.45, 7) is 7.76. The fourth-order valence-electron chi connectivity index (χ4n) is 5.86. The number of rotatable bonds is 6. The van der Waals surface area contributed by atoms with Crippen molar-refractivity contribution in [3.8, 4) is 0 Å². The number of piperazine rings is 1. The lowest BCUT2D eigenvalue weighted by molar-refractivity contribution is -0.0445. The summed E-state index contributed by atoms with van der Waals surface area (Å²) in [4.78, 5) is 33.7. The Balaban J connectivity index is 1.47. The van der Waals surface area contributed by atoms with E-state index >= 15 is 0 Å². The molecule has 1 N–H and O–H groups in total. The van der Waals surface area contributed by atoms with Gasteiger partial charge in [0, 0.05) is 69.7 Å². The van der Waals surface area contributed by atoms with Crippen LogP contribution in [0.2, 0.25) is 0 Å². The van der Waals surface area contributed by atoms with Gasteiger partial charge in [-0.1, -0.05) is 0 Å². The molecular weight excluding hydrogens is 480 g/mol. The second-order valence-electron chi connectivity index (χ2n) is 10.6. The summed E-state index contributed by atoms with van der Waals surface area (Å²) in [5.74, 6) is -2.69. The number of nitrogens with zero attached hydrogens (tertiary/aromatic N) is 4. The maximum Gasteiger partial charge on any atom is 0.259 e. The molecule has 3 heterocycles. The number of carbonyl (C=O) groups excluding carboxylic acids is 1. The third kappa shape index (κ3) is 5.01. The number of pyridine rings is 1. The Labute approximate surface area is 214 Å². The van der Waals surface area contributed by atoms with E-state index in [9.17, 15) is 18.4 Å². The third-order valence-corrected chi connectivity index (χ3v) is 8.02. The van der Waals surface area contributed by atoms with Crippen LogP contribution >= 0.6 is 0 Å². The van der Waals surface area contributed by atoms with Crippen LogP contribution in [0.15, 0.2) is 23.1 Å². The standard InChI is InChI=1S/C27H35F2N5O3/c1-17-13-23-21(14-20(17)26(36)33-11-10-32(18(2)16-33)9-4-12-37-3)24-22(25(35)31-23)15-30-34(24)19-5-7-27(28,29)8-6-19/h13-15,18-19H,4-12,16H2,1-3H3,(H,31,35)/t18-/m1/s1. The molecule has 2 aliphatic rings. The van der Waals surface area contributed by atoms with E-state index in [-0.39, 0.29) is 36.4 Å². The van der Waals surface area contributed by atoms with Crippen LogP contribution in [0.4, 0.5) is 8.78 Å². The Morgan fingerprint density at radius 1 is 1.22 bits per heavy atom. The fourth-order valence-corrected chi connectivity index (χ4v) is 5.86. The Hall–Kier alpha value is -2.85. The quantitative estimate of drug-likeness (QED) is 0.500. The van der Waals surface area contributed by atoms with Gasteiger partial charge in [-0.3, -0.25) is 19.2 Å². The molecule has 1 atom stereocenters.